The maximum atomic E-state index is 13.0. The molecular formula is C23H24O2. The minimum absolute atomic E-state index is 0.174. The van der Waals surface area contributed by atoms with Crippen molar-refractivity contribution < 1.29 is 9.53 Å². The number of esters is 1. The lowest BCUT2D eigenvalue weighted by molar-refractivity contribution is -0.131. The number of rotatable bonds is 3. The molecule has 2 unspecified atom stereocenters. The Balaban J connectivity index is 1.65. The van der Waals surface area contributed by atoms with Gasteiger partial charge >= 0.3 is 5.97 Å². The van der Waals surface area contributed by atoms with Gasteiger partial charge in [0.25, 0.3) is 0 Å². The Hall–Kier alpha value is -2.35. The Morgan fingerprint density at radius 2 is 1.92 bits per heavy atom. The van der Waals surface area contributed by atoms with Crippen molar-refractivity contribution in [2.24, 2.45) is 17.3 Å². The zero-order valence-electron chi connectivity index (χ0n) is 15.1. The summed E-state index contributed by atoms with van der Waals surface area (Å²) in [5.74, 6) is 1.18. The molecule has 0 saturated carbocycles. The first-order valence-corrected chi connectivity index (χ1v) is 9.12. The molecule has 0 radical (unpaired) electrons. The van der Waals surface area contributed by atoms with Gasteiger partial charge in [0, 0.05) is 11.0 Å². The van der Waals surface area contributed by atoms with Gasteiger partial charge < -0.3 is 4.74 Å². The van der Waals surface area contributed by atoms with Gasteiger partial charge in [-0.2, -0.15) is 0 Å². The fraction of sp³-hybridized carbons (Fsp3) is 0.348. The van der Waals surface area contributed by atoms with Crippen LogP contribution in [0.2, 0.25) is 0 Å². The maximum absolute atomic E-state index is 13.0. The van der Waals surface area contributed by atoms with Gasteiger partial charge in [-0.15, -0.1) is 0 Å². The van der Waals surface area contributed by atoms with Crippen molar-refractivity contribution in [3.05, 3.63) is 65.8 Å². The molecule has 2 bridgehead atoms. The summed E-state index contributed by atoms with van der Waals surface area (Å²) >= 11 is 0. The zero-order chi connectivity index (χ0) is 17.6. The van der Waals surface area contributed by atoms with Gasteiger partial charge in [0.05, 0.1) is 0 Å². The first kappa shape index (κ1) is 16.1. The zero-order valence-corrected chi connectivity index (χ0v) is 15.1. The van der Waals surface area contributed by atoms with Crippen LogP contribution in [0.3, 0.4) is 0 Å². The smallest absolute Gasteiger partial charge is 0.340 e. The second-order valence-electron chi connectivity index (χ2n) is 7.71. The van der Waals surface area contributed by atoms with Crippen molar-refractivity contribution in [2.45, 2.75) is 33.6 Å². The van der Waals surface area contributed by atoms with Crippen LogP contribution < -0.4 is 4.74 Å². The summed E-state index contributed by atoms with van der Waals surface area (Å²) in [6.45, 7) is 6.59. The number of hydrogen-bond donors (Lipinski definition) is 0. The van der Waals surface area contributed by atoms with E-state index in [4.69, 9.17) is 4.74 Å². The van der Waals surface area contributed by atoms with Crippen molar-refractivity contribution in [2.75, 3.05) is 0 Å². The molecule has 0 heterocycles. The van der Waals surface area contributed by atoms with E-state index in [9.17, 15) is 4.79 Å². The van der Waals surface area contributed by atoms with Crippen LogP contribution in [0.5, 0.6) is 5.75 Å². The number of carbonyl (C=O) groups is 1. The number of fused-ring (bicyclic) bond motifs is 2. The predicted molar refractivity (Wildman–Crippen MR) is 101 cm³/mol. The van der Waals surface area contributed by atoms with E-state index >= 15 is 0 Å². The van der Waals surface area contributed by atoms with Crippen LogP contribution in [0.15, 0.2) is 65.8 Å². The first-order chi connectivity index (χ1) is 12.0. The molecule has 0 saturated heterocycles. The fourth-order valence-electron chi connectivity index (χ4n) is 4.41. The second kappa shape index (κ2) is 5.87. The Morgan fingerprint density at radius 1 is 1.16 bits per heavy atom. The molecule has 5 rings (SSSR count). The van der Waals surface area contributed by atoms with Crippen LogP contribution >= 0.6 is 0 Å². The third-order valence-electron chi connectivity index (χ3n) is 5.99. The van der Waals surface area contributed by atoms with Crippen LogP contribution in [-0.4, -0.2) is 5.97 Å². The molecule has 0 aromatic heterocycles. The number of ether oxygens (including phenoxy) is 1. The van der Waals surface area contributed by atoms with Crippen molar-refractivity contribution in [3.8, 4) is 5.75 Å². The standard InChI is InChI=1S/C23H24O2/c1-15(2)23-11-10-18(16(3)14-23)13-21(23)22(24)25-20-9-8-17-6-4-5-7-19(17)12-20/h4-9,12-15,18H,10-11H2,1-3H3. The molecular weight excluding hydrogens is 308 g/mol. The monoisotopic (exact) mass is 332 g/mol. The molecule has 2 aromatic rings. The third kappa shape index (κ3) is 2.60. The highest BCUT2D eigenvalue weighted by molar-refractivity contribution is 5.94. The first-order valence-electron chi connectivity index (χ1n) is 9.12. The molecule has 0 amide bonds. The van der Waals surface area contributed by atoms with E-state index < -0.39 is 0 Å². The lowest BCUT2D eigenvalue weighted by Crippen LogP contribution is -2.40. The van der Waals surface area contributed by atoms with E-state index in [0.29, 0.717) is 17.6 Å². The molecule has 0 fully saturated rings. The van der Waals surface area contributed by atoms with Gasteiger partial charge in [-0.1, -0.05) is 61.9 Å². The van der Waals surface area contributed by atoms with Gasteiger partial charge in [0.2, 0.25) is 0 Å². The number of allylic oxidation sites excluding steroid dienone is 3. The summed E-state index contributed by atoms with van der Waals surface area (Å²) in [7, 11) is 0. The predicted octanol–water partition coefficient (Wildman–Crippen LogP) is 5.68. The van der Waals surface area contributed by atoms with E-state index in [1.165, 1.54) is 5.57 Å². The minimum atomic E-state index is -0.197. The van der Waals surface area contributed by atoms with Gasteiger partial charge in [-0.3, -0.25) is 0 Å². The van der Waals surface area contributed by atoms with Gasteiger partial charge in [-0.25, -0.2) is 4.79 Å². The van der Waals surface area contributed by atoms with E-state index in [2.05, 4.69) is 39.0 Å². The van der Waals surface area contributed by atoms with E-state index in [1.54, 1.807) is 0 Å². The van der Waals surface area contributed by atoms with Crippen molar-refractivity contribution in [1.82, 2.24) is 0 Å². The Labute approximate surface area is 149 Å². The summed E-state index contributed by atoms with van der Waals surface area (Å²) in [5.41, 5.74) is 2.06. The lowest BCUT2D eigenvalue weighted by Gasteiger charge is -2.46. The Kier molecular flexibility index (Phi) is 3.79. The molecule has 128 valence electrons. The van der Waals surface area contributed by atoms with E-state index in [1.807, 2.05) is 36.4 Å². The summed E-state index contributed by atoms with van der Waals surface area (Å²) in [6, 6.07) is 13.9. The van der Waals surface area contributed by atoms with Crippen LogP contribution in [0.1, 0.15) is 33.6 Å². The molecule has 2 heteroatoms. The molecule has 2 atom stereocenters. The summed E-state index contributed by atoms with van der Waals surface area (Å²) in [4.78, 5) is 13.0. The summed E-state index contributed by atoms with van der Waals surface area (Å²) < 4.78 is 5.79. The highest BCUT2D eigenvalue weighted by Gasteiger charge is 2.46. The molecule has 3 aliphatic carbocycles. The van der Waals surface area contributed by atoms with Gasteiger partial charge in [0.1, 0.15) is 5.75 Å². The third-order valence-corrected chi connectivity index (χ3v) is 5.99. The highest BCUT2D eigenvalue weighted by atomic mass is 16.5. The van der Waals surface area contributed by atoms with Crippen molar-refractivity contribution >= 4 is 16.7 Å². The molecule has 0 aliphatic heterocycles. The molecule has 2 nitrogen and oxygen atoms in total. The largest absolute Gasteiger partial charge is 0.423 e. The van der Waals surface area contributed by atoms with E-state index in [0.717, 1.165) is 29.2 Å². The SMILES string of the molecule is CC1=CC2(C(C)C)CCC1C=C2C(=O)Oc1ccc2ccccc2c1. The number of benzene rings is 2. The molecule has 0 spiro atoms. The van der Waals surface area contributed by atoms with Crippen molar-refractivity contribution in [3.63, 3.8) is 0 Å². The number of hydrogen-bond acceptors (Lipinski definition) is 2. The van der Waals surface area contributed by atoms with Crippen LogP contribution in [0.25, 0.3) is 10.8 Å². The average molecular weight is 332 g/mol. The quantitative estimate of drug-likeness (QED) is 0.410. The normalized spacial score (nSPS) is 25.0. The molecule has 25 heavy (non-hydrogen) atoms. The van der Waals surface area contributed by atoms with Crippen LogP contribution in [0.4, 0.5) is 0 Å². The van der Waals surface area contributed by atoms with Gasteiger partial charge in [-0.05, 0) is 54.5 Å². The Bertz CT molecular complexity index is 903. The van der Waals surface area contributed by atoms with Crippen molar-refractivity contribution in [1.29, 1.82) is 0 Å². The second-order valence-corrected chi connectivity index (χ2v) is 7.71. The minimum Gasteiger partial charge on any atom is -0.423 e. The summed E-state index contributed by atoms with van der Waals surface area (Å²) in [6.07, 6.45) is 6.64. The fourth-order valence-corrected chi connectivity index (χ4v) is 4.41. The summed E-state index contributed by atoms with van der Waals surface area (Å²) in [5, 5.41) is 2.23. The Morgan fingerprint density at radius 3 is 2.64 bits per heavy atom. The van der Waals surface area contributed by atoms with Gasteiger partial charge in [0.15, 0.2) is 0 Å². The lowest BCUT2D eigenvalue weighted by atomic mass is 9.58. The van der Waals surface area contributed by atoms with Crippen LogP contribution in [-0.2, 0) is 4.79 Å². The average Bonchev–Trinajstić information content (AvgIpc) is 2.61. The highest BCUT2D eigenvalue weighted by Crippen LogP contribution is 2.53. The van der Waals surface area contributed by atoms with E-state index in [-0.39, 0.29) is 11.4 Å². The topological polar surface area (TPSA) is 26.3 Å². The molecule has 3 aliphatic rings. The maximum Gasteiger partial charge on any atom is 0.340 e. The molecule has 2 aromatic carbocycles. The number of carbonyl (C=O) groups excluding carboxylic acids is 1. The van der Waals surface area contributed by atoms with Crippen LogP contribution in [0, 0.1) is 17.3 Å². The molecule has 0 N–H and O–H groups in total.